The molecule has 0 heterocycles. The lowest BCUT2D eigenvalue weighted by Crippen LogP contribution is -2.08. The SMILES string of the molecule is Cc1ccc(NC2CC(C)c3c(C)ccc(O)c32)c(C)c1. The van der Waals surface area contributed by atoms with Gasteiger partial charge in [-0.1, -0.05) is 30.7 Å². The molecule has 2 aromatic carbocycles. The van der Waals surface area contributed by atoms with Crippen molar-refractivity contribution in [3.05, 3.63) is 58.1 Å². The molecule has 2 N–H and O–H groups in total. The van der Waals surface area contributed by atoms with Crippen LogP contribution >= 0.6 is 0 Å². The van der Waals surface area contributed by atoms with E-state index in [1.807, 2.05) is 12.1 Å². The van der Waals surface area contributed by atoms with E-state index in [4.69, 9.17) is 0 Å². The van der Waals surface area contributed by atoms with Crippen LogP contribution < -0.4 is 5.32 Å². The highest BCUT2D eigenvalue weighted by atomic mass is 16.3. The van der Waals surface area contributed by atoms with Crippen LogP contribution in [-0.2, 0) is 0 Å². The normalized spacial score (nSPS) is 20.4. The fraction of sp³-hybridized carbons (Fsp3) is 0.368. The lowest BCUT2D eigenvalue weighted by Gasteiger charge is -2.19. The summed E-state index contributed by atoms with van der Waals surface area (Å²) in [6.45, 7) is 8.62. The van der Waals surface area contributed by atoms with Crippen LogP contribution in [0.1, 0.15) is 53.1 Å². The Kier molecular flexibility index (Phi) is 3.40. The second-order valence-corrected chi connectivity index (χ2v) is 6.38. The van der Waals surface area contributed by atoms with E-state index in [1.165, 1.54) is 22.3 Å². The summed E-state index contributed by atoms with van der Waals surface area (Å²) >= 11 is 0. The summed E-state index contributed by atoms with van der Waals surface area (Å²) < 4.78 is 0. The number of anilines is 1. The Morgan fingerprint density at radius 3 is 2.48 bits per heavy atom. The number of phenols is 1. The summed E-state index contributed by atoms with van der Waals surface area (Å²) in [5.74, 6) is 0.901. The van der Waals surface area contributed by atoms with Crippen LogP contribution in [0.5, 0.6) is 5.75 Å². The zero-order valence-electron chi connectivity index (χ0n) is 13.2. The van der Waals surface area contributed by atoms with Crippen molar-refractivity contribution in [3.63, 3.8) is 0 Å². The zero-order chi connectivity index (χ0) is 15.1. The number of nitrogens with one attached hydrogen (secondary N) is 1. The Balaban J connectivity index is 1.98. The van der Waals surface area contributed by atoms with E-state index in [0.717, 1.165) is 17.7 Å². The minimum absolute atomic E-state index is 0.191. The van der Waals surface area contributed by atoms with E-state index in [1.54, 1.807) is 0 Å². The average Bonchev–Trinajstić information content (AvgIpc) is 2.75. The molecule has 0 spiro atoms. The highest BCUT2D eigenvalue weighted by molar-refractivity contribution is 5.58. The van der Waals surface area contributed by atoms with Crippen molar-refractivity contribution in [2.45, 2.75) is 46.1 Å². The van der Waals surface area contributed by atoms with Crippen molar-refractivity contribution in [3.8, 4) is 5.75 Å². The highest BCUT2D eigenvalue weighted by Crippen LogP contribution is 2.47. The molecular formula is C19H23NO. The maximum atomic E-state index is 10.3. The summed E-state index contributed by atoms with van der Waals surface area (Å²) in [4.78, 5) is 0. The molecule has 2 nitrogen and oxygen atoms in total. The van der Waals surface area contributed by atoms with E-state index >= 15 is 0 Å². The van der Waals surface area contributed by atoms with Gasteiger partial charge < -0.3 is 10.4 Å². The van der Waals surface area contributed by atoms with Gasteiger partial charge in [0.2, 0.25) is 0 Å². The topological polar surface area (TPSA) is 32.3 Å². The Morgan fingerprint density at radius 2 is 1.76 bits per heavy atom. The van der Waals surface area contributed by atoms with Gasteiger partial charge in [-0.25, -0.2) is 0 Å². The molecule has 21 heavy (non-hydrogen) atoms. The molecule has 0 bridgehead atoms. The zero-order valence-corrected chi connectivity index (χ0v) is 13.2. The minimum Gasteiger partial charge on any atom is -0.508 e. The summed E-state index contributed by atoms with van der Waals surface area (Å²) in [6, 6.07) is 10.5. The lowest BCUT2D eigenvalue weighted by molar-refractivity contribution is 0.465. The summed E-state index contributed by atoms with van der Waals surface area (Å²) in [5.41, 5.74) is 7.37. The first kappa shape index (κ1) is 14.0. The Morgan fingerprint density at radius 1 is 1.00 bits per heavy atom. The van der Waals surface area contributed by atoms with Crippen LogP contribution in [0.15, 0.2) is 30.3 Å². The molecule has 0 aromatic heterocycles. The maximum absolute atomic E-state index is 10.3. The van der Waals surface area contributed by atoms with Crippen molar-refractivity contribution >= 4 is 5.69 Å². The van der Waals surface area contributed by atoms with E-state index < -0.39 is 0 Å². The third-order valence-electron chi connectivity index (χ3n) is 4.62. The van der Waals surface area contributed by atoms with Gasteiger partial charge in [0.1, 0.15) is 5.75 Å². The first-order valence-corrected chi connectivity index (χ1v) is 7.63. The highest BCUT2D eigenvalue weighted by Gasteiger charge is 2.32. The van der Waals surface area contributed by atoms with Gasteiger partial charge in [0.05, 0.1) is 6.04 Å². The number of aryl methyl sites for hydroxylation is 3. The first-order chi connectivity index (χ1) is 9.97. The van der Waals surface area contributed by atoms with Gasteiger partial charge in [-0.3, -0.25) is 0 Å². The van der Waals surface area contributed by atoms with Crippen LogP contribution in [0.3, 0.4) is 0 Å². The molecule has 0 saturated carbocycles. The van der Waals surface area contributed by atoms with Crippen molar-refractivity contribution < 1.29 is 5.11 Å². The lowest BCUT2D eigenvalue weighted by atomic mass is 9.97. The minimum atomic E-state index is 0.191. The third kappa shape index (κ3) is 2.39. The van der Waals surface area contributed by atoms with Crippen molar-refractivity contribution in [1.82, 2.24) is 0 Å². The molecule has 2 unspecified atom stereocenters. The summed E-state index contributed by atoms with van der Waals surface area (Å²) in [6.07, 6.45) is 1.03. The van der Waals surface area contributed by atoms with Crippen molar-refractivity contribution in [2.75, 3.05) is 5.32 Å². The van der Waals surface area contributed by atoms with Gasteiger partial charge in [0, 0.05) is 11.3 Å². The number of fused-ring (bicyclic) bond motifs is 1. The summed E-state index contributed by atoms with van der Waals surface area (Å²) in [5, 5.41) is 13.9. The Labute approximate surface area is 126 Å². The molecule has 1 aliphatic rings. The van der Waals surface area contributed by atoms with Gasteiger partial charge in [-0.2, -0.15) is 0 Å². The quantitative estimate of drug-likeness (QED) is 0.814. The molecule has 0 amide bonds. The van der Waals surface area contributed by atoms with Crippen LogP contribution in [0.25, 0.3) is 0 Å². The largest absolute Gasteiger partial charge is 0.508 e. The number of hydrogen-bond donors (Lipinski definition) is 2. The fourth-order valence-corrected chi connectivity index (χ4v) is 3.64. The molecule has 0 radical (unpaired) electrons. The molecule has 0 saturated heterocycles. The second-order valence-electron chi connectivity index (χ2n) is 6.38. The third-order valence-corrected chi connectivity index (χ3v) is 4.62. The van der Waals surface area contributed by atoms with E-state index in [2.05, 4.69) is 51.2 Å². The van der Waals surface area contributed by atoms with Crippen LogP contribution in [-0.4, -0.2) is 5.11 Å². The van der Waals surface area contributed by atoms with Gasteiger partial charge in [-0.15, -0.1) is 0 Å². The number of benzene rings is 2. The smallest absolute Gasteiger partial charge is 0.121 e. The molecular weight excluding hydrogens is 258 g/mol. The molecule has 3 rings (SSSR count). The second kappa shape index (κ2) is 5.10. The monoisotopic (exact) mass is 281 g/mol. The number of rotatable bonds is 2. The number of hydrogen-bond acceptors (Lipinski definition) is 2. The molecule has 2 aromatic rings. The van der Waals surface area contributed by atoms with E-state index in [-0.39, 0.29) is 6.04 Å². The van der Waals surface area contributed by atoms with Gasteiger partial charge in [-0.05, 0) is 61.9 Å². The number of aromatic hydroxyl groups is 1. The van der Waals surface area contributed by atoms with E-state index in [0.29, 0.717) is 11.7 Å². The van der Waals surface area contributed by atoms with E-state index in [9.17, 15) is 5.11 Å². The molecule has 1 aliphatic carbocycles. The van der Waals surface area contributed by atoms with Gasteiger partial charge >= 0.3 is 0 Å². The van der Waals surface area contributed by atoms with Crippen LogP contribution in [0.2, 0.25) is 0 Å². The molecule has 2 heteroatoms. The Bertz CT molecular complexity index is 690. The molecule has 2 atom stereocenters. The predicted octanol–water partition coefficient (Wildman–Crippen LogP) is 4.98. The summed E-state index contributed by atoms with van der Waals surface area (Å²) in [7, 11) is 0. The Hall–Kier alpha value is -1.96. The standard InChI is InChI=1S/C19H23NO/c1-11-5-7-15(13(3)9-11)20-16-10-14(4)18-12(2)6-8-17(21)19(16)18/h5-9,14,16,20-21H,10H2,1-4H3. The fourth-order valence-electron chi connectivity index (χ4n) is 3.64. The first-order valence-electron chi connectivity index (χ1n) is 7.63. The molecule has 0 aliphatic heterocycles. The van der Waals surface area contributed by atoms with Crippen LogP contribution in [0, 0.1) is 20.8 Å². The predicted molar refractivity (Wildman–Crippen MR) is 88.2 cm³/mol. The average molecular weight is 281 g/mol. The van der Waals surface area contributed by atoms with Gasteiger partial charge in [0.25, 0.3) is 0 Å². The van der Waals surface area contributed by atoms with Gasteiger partial charge in [0.15, 0.2) is 0 Å². The number of phenolic OH excluding ortho intramolecular Hbond substituents is 1. The maximum Gasteiger partial charge on any atom is 0.121 e. The van der Waals surface area contributed by atoms with Crippen molar-refractivity contribution in [2.24, 2.45) is 0 Å². The molecule has 110 valence electrons. The van der Waals surface area contributed by atoms with Crippen LogP contribution in [0.4, 0.5) is 5.69 Å². The molecule has 0 fully saturated rings. The van der Waals surface area contributed by atoms with Crippen molar-refractivity contribution in [1.29, 1.82) is 0 Å².